The fraction of sp³-hybridized carbons (Fsp3) is 0.765. The average molecular weight is 334 g/mol. The van der Waals surface area contributed by atoms with E-state index in [1.54, 1.807) is 0 Å². The number of nitrogens with zero attached hydrogens (tertiary/aromatic N) is 4. The summed E-state index contributed by atoms with van der Waals surface area (Å²) >= 11 is 0. The molecule has 1 aromatic rings. The Morgan fingerprint density at radius 1 is 1.33 bits per heavy atom. The maximum Gasteiger partial charge on any atom is 0.319 e. The van der Waals surface area contributed by atoms with Crippen molar-refractivity contribution in [1.82, 2.24) is 25.3 Å². The molecule has 2 aliphatic heterocycles. The highest BCUT2D eigenvalue weighted by atomic mass is 16.2. The quantitative estimate of drug-likeness (QED) is 0.878. The molecular weight excluding hydrogens is 304 g/mol. The number of hydrogen-bond acceptors (Lipinski definition) is 4. The maximum absolute atomic E-state index is 12.6. The second-order valence-corrected chi connectivity index (χ2v) is 7.19. The summed E-state index contributed by atoms with van der Waals surface area (Å²) in [6.45, 7) is 9.74. The fourth-order valence-corrected chi connectivity index (χ4v) is 3.44. The van der Waals surface area contributed by atoms with Gasteiger partial charge in [0.05, 0.1) is 0 Å². The molecule has 2 N–H and O–H groups in total. The van der Waals surface area contributed by atoms with Gasteiger partial charge in [-0.15, -0.1) is 0 Å². The highest BCUT2D eigenvalue weighted by Gasteiger charge is 2.28. The van der Waals surface area contributed by atoms with Crippen LogP contribution in [0.1, 0.15) is 38.3 Å². The molecule has 2 fully saturated rings. The van der Waals surface area contributed by atoms with Crippen molar-refractivity contribution in [1.29, 1.82) is 0 Å². The number of rotatable bonds is 3. The molecule has 0 aliphatic carbocycles. The van der Waals surface area contributed by atoms with E-state index >= 15 is 0 Å². The lowest BCUT2D eigenvalue weighted by Gasteiger charge is -2.36. The van der Waals surface area contributed by atoms with Crippen molar-refractivity contribution in [3.05, 3.63) is 11.8 Å². The molecule has 1 unspecified atom stereocenters. The lowest BCUT2D eigenvalue weighted by molar-refractivity contribution is 0.137. The first-order valence-corrected chi connectivity index (χ1v) is 9.09. The molecule has 2 saturated heterocycles. The van der Waals surface area contributed by atoms with Crippen LogP contribution in [0.15, 0.2) is 6.07 Å². The van der Waals surface area contributed by atoms with Crippen LogP contribution >= 0.6 is 0 Å². The lowest BCUT2D eigenvalue weighted by Crippen LogP contribution is -2.47. The number of piperazine rings is 1. The van der Waals surface area contributed by atoms with Crippen LogP contribution in [0.3, 0.4) is 0 Å². The van der Waals surface area contributed by atoms with E-state index in [0.717, 1.165) is 63.6 Å². The number of nitrogens with one attached hydrogen (secondary N) is 2. The zero-order valence-electron chi connectivity index (χ0n) is 15.1. The molecule has 0 spiro atoms. The van der Waals surface area contributed by atoms with Crippen molar-refractivity contribution < 1.29 is 4.79 Å². The Kier molecular flexibility index (Phi) is 5.28. The predicted molar refractivity (Wildman–Crippen MR) is 95.5 cm³/mol. The molecule has 3 heterocycles. The summed E-state index contributed by atoms with van der Waals surface area (Å²) in [6, 6.07) is 2.54. The van der Waals surface area contributed by atoms with Crippen LogP contribution in [0, 0.1) is 0 Å². The summed E-state index contributed by atoms with van der Waals surface area (Å²) in [6.07, 6.45) is 2.16. The van der Waals surface area contributed by atoms with E-state index in [9.17, 15) is 4.79 Å². The normalized spacial score (nSPS) is 22.1. The van der Waals surface area contributed by atoms with Crippen LogP contribution in [0.5, 0.6) is 0 Å². The Morgan fingerprint density at radius 2 is 2.08 bits per heavy atom. The Morgan fingerprint density at radius 3 is 2.79 bits per heavy atom. The first-order chi connectivity index (χ1) is 11.6. The van der Waals surface area contributed by atoms with Gasteiger partial charge in [-0.1, -0.05) is 0 Å². The van der Waals surface area contributed by atoms with E-state index in [2.05, 4.69) is 26.5 Å². The molecule has 7 nitrogen and oxygen atoms in total. The van der Waals surface area contributed by atoms with Crippen LogP contribution in [0.2, 0.25) is 0 Å². The van der Waals surface area contributed by atoms with E-state index in [4.69, 9.17) is 0 Å². The molecule has 1 atom stereocenters. The Balaban J connectivity index is 1.64. The minimum absolute atomic E-state index is 0.136. The second kappa shape index (κ2) is 7.42. The largest absolute Gasteiger partial charge is 0.353 e. The van der Waals surface area contributed by atoms with Crippen LogP contribution < -0.4 is 10.2 Å². The number of carbonyl (C=O) groups is 1. The number of hydrogen-bond donors (Lipinski definition) is 2. The van der Waals surface area contributed by atoms with Gasteiger partial charge < -0.3 is 20.0 Å². The van der Waals surface area contributed by atoms with Gasteiger partial charge >= 0.3 is 6.03 Å². The topological polar surface area (TPSA) is 67.5 Å². The maximum atomic E-state index is 12.6. The van der Waals surface area contributed by atoms with Gasteiger partial charge in [-0.3, -0.25) is 5.10 Å². The Labute approximate surface area is 144 Å². The van der Waals surface area contributed by atoms with E-state index in [-0.39, 0.29) is 12.1 Å². The van der Waals surface area contributed by atoms with Crippen molar-refractivity contribution in [2.24, 2.45) is 0 Å². The molecule has 1 aromatic heterocycles. The molecule has 3 rings (SSSR count). The zero-order chi connectivity index (χ0) is 17.1. The number of piperidine rings is 1. The molecule has 2 amide bonds. The number of carbonyl (C=O) groups excluding carboxylic acids is 1. The molecule has 134 valence electrons. The van der Waals surface area contributed by atoms with E-state index in [1.165, 1.54) is 0 Å². The second-order valence-electron chi connectivity index (χ2n) is 7.19. The molecular formula is C17H30N6O. The first kappa shape index (κ1) is 17.1. The number of urea groups is 1. The van der Waals surface area contributed by atoms with Crippen molar-refractivity contribution in [3.63, 3.8) is 0 Å². The summed E-state index contributed by atoms with van der Waals surface area (Å²) in [7, 11) is 1.88. The average Bonchev–Trinajstić information content (AvgIpc) is 3.11. The van der Waals surface area contributed by atoms with Gasteiger partial charge in [0.1, 0.15) is 0 Å². The molecule has 0 bridgehead atoms. The monoisotopic (exact) mass is 334 g/mol. The summed E-state index contributed by atoms with van der Waals surface area (Å²) in [4.78, 5) is 18.7. The third-order valence-electron chi connectivity index (χ3n) is 5.23. The van der Waals surface area contributed by atoms with Crippen LogP contribution in [-0.2, 0) is 0 Å². The molecule has 24 heavy (non-hydrogen) atoms. The zero-order valence-corrected chi connectivity index (χ0v) is 15.1. The van der Waals surface area contributed by atoms with Crippen molar-refractivity contribution >= 4 is 11.8 Å². The molecule has 0 aromatic carbocycles. The number of aromatic amines is 1. The lowest BCUT2D eigenvalue weighted by atomic mass is 9.95. The summed E-state index contributed by atoms with van der Waals surface area (Å²) in [5.41, 5.74) is 1.16. The van der Waals surface area contributed by atoms with Gasteiger partial charge in [0.25, 0.3) is 0 Å². The highest BCUT2D eigenvalue weighted by Crippen LogP contribution is 2.28. The van der Waals surface area contributed by atoms with Gasteiger partial charge in [0, 0.05) is 70.0 Å². The number of aromatic nitrogens is 2. The highest BCUT2D eigenvalue weighted by molar-refractivity contribution is 5.74. The predicted octanol–water partition coefficient (Wildman–Crippen LogP) is 1.46. The smallest absolute Gasteiger partial charge is 0.319 e. The van der Waals surface area contributed by atoms with Gasteiger partial charge in [-0.2, -0.15) is 5.10 Å². The molecule has 2 aliphatic rings. The first-order valence-electron chi connectivity index (χ1n) is 9.09. The summed E-state index contributed by atoms with van der Waals surface area (Å²) in [5.74, 6) is 1.39. The summed E-state index contributed by atoms with van der Waals surface area (Å²) in [5, 5.41) is 11.1. The number of H-pyrrole nitrogens is 1. The molecule has 7 heteroatoms. The van der Waals surface area contributed by atoms with Gasteiger partial charge in [-0.05, 0) is 26.7 Å². The van der Waals surface area contributed by atoms with Gasteiger partial charge in [0.2, 0.25) is 0 Å². The van der Waals surface area contributed by atoms with Crippen molar-refractivity contribution in [2.45, 2.75) is 38.6 Å². The van der Waals surface area contributed by atoms with Crippen molar-refractivity contribution in [3.8, 4) is 0 Å². The summed E-state index contributed by atoms with van der Waals surface area (Å²) < 4.78 is 0. The molecule has 0 radical (unpaired) electrons. The van der Waals surface area contributed by atoms with Gasteiger partial charge in [0.15, 0.2) is 5.82 Å². The van der Waals surface area contributed by atoms with Gasteiger partial charge in [-0.25, -0.2) is 4.79 Å². The van der Waals surface area contributed by atoms with E-state index in [1.807, 2.05) is 30.7 Å². The molecule has 0 saturated carbocycles. The SMILES string of the molecule is CC(C)N(C)C(=O)N1CCCC(c2cc(N3CCNCC3)n[nH]2)C1. The third kappa shape index (κ3) is 3.66. The van der Waals surface area contributed by atoms with E-state index < -0.39 is 0 Å². The standard InChI is InChI=1S/C17H30N6O/c1-13(2)21(3)17(24)23-8-4-5-14(12-23)15-11-16(20-19-15)22-9-6-18-7-10-22/h11,13-14,18H,4-10,12H2,1-3H3,(H,19,20). The van der Waals surface area contributed by atoms with Crippen LogP contribution in [0.25, 0.3) is 0 Å². The minimum atomic E-state index is 0.136. The van der Waals surface area contributed by atoms with Crippen LogP contribution in [0.4, 0.5) is 10.6 Å². The fourth-order valence-electron chi connectivity index (χ4n) is 3.44. The number of likely N-dealkylation sites (tertiary alicyclic amines) is 1. The third-order valence-corrected chi connectivity index (χ3v) is 5.23. The Hall–Kier alpha value is -1.76. The van der Waals surface area contributed by atoms with E-state index in [0.29, 0.717) is 5.92 Å². The minimum Gasteiger partial charge on any atom is -0.353 e. The van der Waals surface area contributed by atoms with Crippen molar-refractivity contribution in [2.75, 3.05) is 51.2 Å². The van der Waals surface area contributed by atoms with Crippen LogP contribution in [-0.4, -0.2) is 78.4 Å². The number of amides is 2. The number of anilines is 1. The Bertz CT molecular complexity index is 551.